The number of halogens is 2. The average molecular weight is 356 g/mol. The first-order chi connectivity index (χ1) is 9.53. The van der Waals surface area contributed by atoms with E-state index in [0.29, 0.717) is 19.2 Å². The van der Waals surface area contributed by atoms with Crippen LogP contribution in [0.25, 0.3) is 0 Å². The first kappa shape index (κ1) is 16.7. The molecule has 2 atom stereocenters. The van der Waals surface area contributed by atoms with Gasteiger partial charge in [-0.3, -0.25) is 0 Å². The second-order valence-electron chi connectivity index (χ2n) is 5.31. The summed E-state index contributed by atoms with van der Waals surface area (Å²) in [6, 6.07) is 2.55. The van der Waals surface area contributed by atoms with Crippen LogP contribution < -0.4 is 0 Å². The van der Waals surface area contributed by atoms with Crippen molar-refractivity contribution in [3.8, 4) is 0 Å². The maximum absolute atomic E-state index is 14.0. The Bertz CT molecular complexity index is 753. The lowest BCUT2D eigenvalue weighted by molar-refractivity contribution is 0.456. The third kappa shape index (κ3) is 3.23. The fourth-order valence-corrected chi connectivity index (χ4v) is 4.70. The first-order valence-corrected chi connectivity index (χ1v) is 10.0. The second-order valence-corrected chi connectivity index (χ2v) is 9.78. The van der Waals surface area contributed by atoms with Crippen LogP contribution in [-0.4, -0.2) is 34.2 Å². The molecule has 0 saturated carbocycles. The highest BCUT2D eigenvalue weighted by Gasteiger charge is 2.36. The Morgan fingerprint density at radius 3 is 2.10 bits per heavy atom. The highest BCUT2D eigenvalue weighted by atomic mass is 35.7. The van der Waals surface area contributed by atoms with Gasteiger partial charge in [-0.1, -0.05) is 13.8 Å². The summed E-state index contributed by atoms with van der Waals surface area (Å²) in [5.41, 5.74) is 0. The molecule has 21 heavy (non-hydrogen) atoms. The van der Waals surface area contributed by atoms with E-state index in [-0.39, 0.29) is 11.8 Å². The lowest BCUT2D eigenvalue weighted by atomic mass is 10.0. The van der Waals surface area contributed by atoms with Gasteiger partial charge in [0.15, 0.2) is 0 Å². The Labute approximate surface area is 128 Å². The maximum atomic E-state index is 14.0. The van der Waals surface area contributed by atoms with Crippen molar-refractivity contribution in [2.24, 2.45) is 11.8 Å². The van der Waals surface area contributed by atoms with Gasteiger partial charge in [0, 0.05) is 23.8 Å². The van der Waals surface area contributed by atoms with Crippen LogP contribution in [0.15, 0.2) is 28.0 Å². The van der Waals surface area contributed by atoms with E-state index < -0.39 is 34.7 Å². The number of sulfonamides is 1. The Balaban J connectivity index is 2.43. The fourth-order valence-electron chi connectivity index (χ4n) is 2.25. The van der Waals surface area contributed by atoms with Crippen molar-refractivity contribution in [1.29, 1.82) is 0 Å². The topological polar surface area (TPSA) is 71.5 Å². The van der Waals surface area contributed by atoms with E-state index in [2.05, 4.69) is 0 Å². The zero-order chi connectivity index (χ0) is 16.0. The molecule has 118 valence electrons. The Morgan fingerprint density at radius 1 is 1.14 bits per heavy atom. The van der Waals surface area contributed by atoms with E-state index in [0.717, 1.165) is 12.1 Å². The molecule has 0 amide bonds. The van der Waals surface area contributed by atoms with Gasteiger partial charge < -0.3 is 0 Å². The minimum Gasteiger partial charge on any atom is -0.207 e. The normalized spacial score (nSPS) is 24.4. The van der Waals surface area contributed by atoms with Gasteiger partial charge in [0.05, 0.1) is 4.90 Å². The third-order valence-electron chi connectivity index (χ3n) is 3.76. The highest BCUT2D eigenvalue weighted by molar-refractivity contribution is 8.13. The van der Waals surface area contributed by atoms with Gasteiger partial charge in [-0.05, 0) is 30.0 Å². The predicted octanol–water partition coefficient (Wildman–Crippen LogP) is 2.03. The first-order valence-electron chi connectivity index (χ1n) is 6.28. The van der Waals surface area contributed by atoms with Crippen molar-refractivity contribution < 1.29 is 21.2 Å². The second kappa shape index (κ2) is 5.49. The molecule has 1 saturated heterocycles. The van der Waals surface area contributed by atoms with E-state index in [1.54, 1.807) is 0 Å². The molecule has 1 aromatic carbocycles. The highest BCUT2D eigenvalue weighted by Crippen LogP contribution is 2.30. The van der Waals surface area contributed by atoms with Crippen LogP contribution >= 0.6 is 10.7 Å². The van der Waals surface area contributed by atoms with Gasteiger partial charge in [-0.2, -0.15) is 4.31 Å². The molecule has 0 N–H and O–H groups in total. The summed E-state index contributed by atoms with van der Waals surface area (Å²) in [5.74, 6) is -0.750. The van der Waals surface area contributed by atoms with E-state index in [1.807, 2.05) is 13.8 Å². The van der Waals surface area contributed by atoms with Gasteiger partial charge >= 0.3 is 0 Å². The molecule has 5 nitrogen and oxygen atoms in total. The molecule has 0 aromatic heterocycles. The van der Waals surface area contributed by atoms with Crippen molar-refractivity contribution in [3.05, 3.63) is 24.0 Å². The van der Waals surface area contributed by atoms with Crippen LogP contribution in [-0.2, 0) is 19.1 Å². The summed E-state index contributed by atoms with van der Waals surface area (Å²) in [7, 11) is -2.97. The zero-order valence-corrected chi connectivity index (χ0v) is 13.8. The average Bonchev–Trinajstić information content (AvgIpc) is 2.69. The Hall–Kier alpha value is -0.700. The van der Waals surface area contributed by atoms with Gasteiger partial charge in [-0.25, -0.2) is 21.2 Å². The monoisotopic (exact) mass is 355 g/mol. The molecule has 9 heteroatoms. The minimum atomic E-state index is -4.10. The van der Waals surface area contributed by atoms with Crippen LogP contribution in [0.2, 0.25) is 0 Å². The number of nitrogens with zero attached hydrogens (tertiary/aromatic N) is 1. The number of rotatable bonds is 3. The van der Waals surface area contributed by atoms with Gasteiger partial charge in [-0.15, -0.1) is 0 Å². The lowest BCUT2D eigenvalue weighted by Crippen LogP contribution is -2.29. The molecule has 1 aliphatic heterocycles. The summed E-state index contributed by atoms with van der Waals surface area (Å²) >= 11 is 0. The van der Waals surface area contributed by atoms with Crippen molar-refractivity contribution >= 4 is 29.8 Å². The van der Waals surface area contributed by atoms with Crippen molar-refractivity contribution in [1.82, 2.24) is 4.31 Å². The summed E-state index contributed by atoms with van der Waals surface area (Å²) in [5, 5.41) is 0. The van der Waals surface area contributed by atoms with Crippen molar-refractivity contribution in [2.45, 2.75) is 23.6 Å². The zero-order valence-electron chi connectivity index (χ0n) is 11.5. The molecule has 0 aliphatic carbocycles. The third-order valence-corrected chi connectivity index (χ3v) is 6.97. The van der Waals surface area contributed by atoms with E-state index in [1.165, 1.54) is 4.31 Å². The molecule has 0 bridgehead atoms. The molecule has 0 spiro atoms. The molecule has 1 fully saturated rings. The summed E-state index contributed by atoms with van der Waals surface area (Å²) in [6.07, 6.45) is 0. The molecule has 1 heterocycles. The Kier molecular flexibility index (Phi) is 4.36. The molecule has 2 rings (SSSR count). The van der Waals surface area contributed by atoms with Crippen molar-refractivity contribution in [3.63, 3.8) is 0 Å². The standard InChI is InChI=1S/C12H15ClFNO4S2/c1-8-6-15(7-9(8)2)21(18,19)12-4-3-10(5-11(12)14)20(13,16)17/h3-5,8-9H,6-7H2,1-2H3. The van der Waals surface area contributed by atoms with Crippen LogP contribution in [0.3, 0.4) is 0 Å². The Morgan fingerprint density at radius 2 is 1.67 bits per heavy atom. The number of hydrogen-bond donors (Lipinski definition) is 0. The maximum Gasteiger partial charge on any atom is 0.261 e. The molecular formula is C12H15ClFNO4S2. The minimum absolute atomic E-state index is 0.185. The molecule has 1 aliphatic rings. The molecular weight excluding hydrogens is 341 g/mol. The fraction of sp³-hybridized carbons (Fsp3) is 0.500. The summed E-state index contributed by atoms with van der Waals surface area (Å²) in [6.45, 7) is 4.50. The molecule has 1 aromatic rings. The molecule has 0 radical (unpaired) electrons. The lowest BCUT2D eigenvalue weighted by Gasteiger charge is -2.16. The largest absolute Gasteiger partial charge is 0.261 e. The number of hydrogen-bond acceptors (Lipinski definition) is 4. The van der Waals surface area contributed by atoms with Crippen molar-refractivity contribution in [2.75, 3.05) is 13.1 Å². The molecule has 2 unspecified atom stereocenters. The van der Waals surface area contributed by atoms with Crippen LogP contribution in [0.5, 0.6) is 0 Å². The van der Waals surface area contributed by atoms with Gasteiger partial charge in [0.25, 0.3) is 9.05 Å². The van der Waals surface area contributed by atoms with Crippen LogP contribution in [0, 0.1) is 17.7 Å². The summed E-state index contributed by atoms with van der Waals surface area (Å²) in [4.78, 5) is -1.00. The van der Waals surface area contributed by atoms with Gasteiger partial charge in [0.1, 0.15) is 10.7 Å². The smallest absolute Gasteiger partial charge is 0.207 e. The van der Waals surface area contributed by atoms with Crippen LogP contribution in [0.4, 0.5) is 4.39 Å². The summed E-state index contributed by atoms with van der Waals surface area (Å²) < 4.78 is 62.3. The predicted molar refractivity (Wildman–Crippen MR) is 76.5 cm³/mol. The quantitative estimate of drug-likeness (QED) is 0.778. The van der Waals surface area contributed by atoms with Crippen LogP contribution in [0.1, 0.15) is 13.8 Å². The SMILES string of the molecule is CC1CN(S(=O)(=O)c2ccc(S(=O)(=O)Cl)cc2F)CC1C. The van der Waals surface area contributed by atoms with Gasteiger partial charge in [0.2, 0.25) is 10.0 Å². The number of benzene rings is 1. The van der Waals surface area contributed by atoms with E-state index in [9.17, 15) is 21.2 Å². The van der Waals surface area contributed by atoms with E-state index in [4.69, 9.17) is 10.7 Å². The van der Waals surface area contributed by atoms with E-state index >= 15 is 0 Å².